The molecule has 1 amide bonds. The standard InChI is InChI=1S/C8H9N2O/c9-5-6-1-3-7(4-2-6)8(10)11/h1-4,10H,5,9H2. The van der Waals surface area contributed by atoms with Crippen molar-refractivity contribution in [3.63, 3.8) is 0 Å². The summed E-state index contributed by atoms with van der Waals surface area (Å²) in [7, 11) is 0. The largest absolute Gasteiger partial charge is 0.326 e. The molecule has 0 aliphatic heterocycles. The zero-order valence-corrected chi connectivity index (χ0v) is 6.00. The molecule has 0 spiro atoms. The molecular weight excluding hydrogens is 140 g/mol. The van der Waals surface area contributed by atoms with Crippen molar-refractivity contribution in [3.05, 3.63) is 35.4 Å². The van der Waals surface area contributed by atoms with Crippen LogP contribution in [0, 0.1) is 0 Å². The van der Waals surface area contributed by atoms with E-state index in [1.165, 1.54) is 0 Å². The highest BCUT2D eigenvalue weighted by Crippen LogP contribution is 2.02. The lowest BCUT2D eigenvalue weighted by atomic mass is 10.1. The Morgan fingerprint density at radius 2 is 1.91 bits per heavy atom. The summed E-state index contributed by atoms with van der Waals surface area (Å²) in [5, 5.41) is 0. The fraction of sp³-hybridized carbons (Fsp3) is 0.125. The summed E-state index contributed by atoms with van der Waals surface area (Å²) in [6.45, 7) is 0.465. The summed E-state index contributed by atoms with van der Waals surface area (Å²) >= 11 is 0. The Kier molecular flexibility index (Phi) is 2.23. The molecule has 57 valence electrons. The van der Waals surface area contributed by atoms with E-state index in [9.17, 15) is 4.79 Å². The van der Waals surface area contributed by atoms with E-state index in [-0.39, 0.29) is 0 Å². The molecule has 1 rings (SSSR count). The molecule has 3 N–H and O–H groups in total. The molecule has 11 heavy (non-hydrogen) atoms. The second kappa shape index (κ2) is 3.16. The van der Waals surface area contributed by atoms with Crippen LogP contribution in [0.5, 0.6) is 0 Å². The second-order valence-corrected chi connectivity index (χ2v) is 2.23. The van der Waals surface area contributed by atoms with Crippen LogP contribution in [-0.2, 0) is 6.54 Å². The van der Waals surface area contributed by atoms with Gasteiger partial charge in [-0.2, -0.15) is 0 Å². The summed E-state index contributed by atoms with van der Waals surface area (Å²) in [5.74, 6) is -0.659. The maximum Gasteiger partial charge on any atom is 0.269 e. The lowest BCUT2D eigenvalue weighted by molar-refractivity contribution is 0.0992. The minimum absolute atomic E-state index is 0.405. The highest BCUT2D eigenvalue weighted by molar-refractivity contribution is 5.92. The Bertz CT molecular complexity index is 253. The van der Waals surface area contributed by atoms with Crippen molar-refractivity contribution in [2.75, 3.05) is 0 Å². The summed E-state index contributed by atoms with van der Waals surface area (Å²) in [6, 6.07) is 6.72. The maximum absolute atomic E-state index is 10.5. The first-order valence-corrected chi connectivity index (χ1v) is 3.29. The molecule has 0 bridgehead atoms. The number of amides is 1. The van der Waals surface area contributed by atoms with Crippen LogP contribution in [0.1, 0.15) is 15.9 Å². The van der Waals surface area contributed by atoms with Crippen molar-refractivity contribution in [2.24, 2.45) is 5.73 Å². The van der Waals surface area contributed by atoms with Gasteiger partial charge in [-0.1, -0.05) is 12.1 Å². The van der Waals surface area contributed by atoms with Crippen LogP contribution in [0.25, 0.3) is 0 Å². The quantitative estimate of drug-likeness (QED) is 0.667. The van der Waals surface area contributed by atoms with Gasteiger partial charge in [-0.25, -0.2) is 0 Å². The number of hydrogen-bond donors (Lipinski definition) is 1. The molecule has 0 saturated carbocycles. The zero-order chi connectivity index (χ0) is 8.27. The first-order valence-electron chi connectivity index (χ1n) is 3.29. The number of rotatable bonds is 2. The Hall–Kier alpha value is -1.35. The van der Waals surface area contributed by atoms with Gasteiger partial charge in [0.15, 0.2) is 0 Å². The Morgan fingerprint density at radius 1 is 1.36 bits per heavy atom. The predicted molar refractivity (Wildman–Crippen MR) is 41.8 cm³/mol. The topological polar surface area (TPSA) is 66.9 Å². The molecule has 0 saturated heterocycles. The van der Waals surface area contributed by atoms with Crippen LogP contribution in [-0.4, -0.2) is 5.91 Å². The molecule has 0 heterocycles. The summed E-state index contributed by atoms with van der Waals surface area (Å²) in [5.41, 5.74) is 13.5. The SMILES string of the molecule is [NH]C(=O)c1ccc(CN)cc1. The number of benzene rings is 1. The van der Waals surface area contributed by atoms with Crippen molar-refractivity contribution in [2.45, 2.75) is 6.54 Å². The average molecular weight is 149 g/mol. The summed E-state index contributed by atoms with van der Waals surface area (Å²) < 4.78 is 0. The predicted octanol–water partition coefficient (Wildman–Crippen LogP) is 0.568. The van der Waals surface area contributed by atoms with Crippen molar-refractivity contribution in [3.8, 4) is 0 Å². The van der Waals surface area contributed by atoms with E-state index >= 15 is 0 Å². The van der Waals surface area contributed by atoms with Gasteiger partial charge < -0.3 is 5.73 Å². The van der Waals surface area contributed by atoms with Crippen molar-refractivity contribution >= 4 is 5.91 Å². The van der Waals surface area contributed by atoms with Gasteiger partial charge in [-0.3, -0.25) is 10.5 Å². The molecule has 0 aromatic heterocycles. The fourth-order valence-electron chi connectivity index (χ4n) is 0.792. The third-order valence-corrected chi connectivity index (χ3v) is 1.45. The Morgan fingerprint density at radius 3 is 2.27 bits per heavy atom. The third-order valence-electron chi connectivity index (χ3n) is 1.45. The number of carbonyl (C=O) groups is 1. The van der Waals surface area contributed by atoms with Gasteiger partial charge in [0.25, 0.3) is 5.91 Å². The van der Waals surface area contributed by atoms with Gasteiger partial charge >= 0.3 is 0 Å². The van der Waals surface area contributed by atoms with E-state index in [0.717, 1.165) is 5.56 Å². The minimum Gasteiger partial charge on any atom is -0.326 e. The Labute approximate surface area is 65.0 Å². The summed E-state index contributed by atoms with van der Waals surface area (Å²) in [4.78, 5) is 10.5. The van der Waals surface area contributed by atoms with E-state index in [0.29, 0.717) is 12.1 Å². The van der Waals surface area contributed by atoms with E-state index in [4.69, 9.17) is 11.5 Å². The molecule has 3 nitrogen and oxygen atoms in total. The monoisotopic (exact) mass is 149 g/mol. The molecule has 3 heteroatoms. The number of nitrogens with one attached hydrogen (secondary N) is 1. The van der Waals surface area contributed by atoms with Crippen LogP contribution in [0.15, 0.2) is 24.3 Å². The van der Waals surface area contributed by atoms with Crippen LogP contribution in [0.2, 0.25) is 0 Å². The first-order chi connectivity index (χ1) is 5.24. The lowest BCUT2D eigenvalue weighted by Crippen LogP contribution is -2.00. The maximum atomic E-state index is 10.5. The summed E-state index contributed by atoms with van der Waals surface area (Å²) in [6.07, 6.45) is 0. The van der Waals surface area contributed by atoms with Gasteiger partial charge in [0.05, 0.1) is 0 Å². The van der Waals surface area contributed by atoms with Gasteiger partial charge in [0, 0.05) is 12.1 Å². The van der Waals surface area contributed by atoms with Gasteiger partial charge in [-0.15, -0.1) is 0 Å². The van der Waals surface area contributed by atoms with E-state index in [1.807, 2.05) is 0 Å². The Balaban J connectivity index is 2.91. The fourth-order valence-corrected chi connectivity index (χ4v) is 0.792. The van der Waals surface area contributed by atoms with Crippen molar-refractivity contribution in [1.82, 2.24) is 5.73 Å². The van der Waals surface area contributed by atoms with Crippen molar-refractivity contribution in [1.29, 1.82) is 0 Å². The molecule has 0 fully saturated rings. The minimum atomic E-state index is -0.659. The van der Waals surface area contributed by atoms with Crippen molar-refractivity contribution < 1.29 is 4.79 Å². The van der Waals surface area contributed by atoms with Crippen LogP contribution in [0.3, 0.4) is 0 Å². The van der Waals surface area contributed by atoms with Gasteiger partial charge in [0.1, 0.15) is 0 Å². The number of hydrogen-bond acceptors (Lipinski definition) is 2. The molecule has 1 aromatic carbocycles. The highest BCUT2D eigenvalue weighted by Gasteiger charge is 1.98. The molecule has 0 aliphatic carbocycles. The normalized spacial score (nSPS) is 9.55. The van der Waals surface area contributed by atoms with E-state index in [1.54, 1.807) is 24.3 Å². The molecule has 1 aromatic rings. The zero-order valence-electron chi connectivity index (χ0n) is 6.00. The molecule has 0 aliphatic rings. The first kappa shape index (κ1) is 7.75. The highest BCUT2D eigenvalue weighted by atomic mass is 16.1. The van der Waals surface area contributed by atoms with Gasteiger partial charge in [0.2, 0.25) is 0 Å². The molecule has 1 radical (unpaired) electrons. The van der Waals surface area contributed by atoms with Crippen LogP contribution in [0.4, 0.5) is 0 Å². The molecule has 0 atom stereocenters. The third kappa shape index (κ3) is 1.78. The smallest absolute Gasteiger partial charge is 0.269 e. The second-order valence-electron chi connectivity index (χ2n) is 2.23. The number of nitrogens with two attached hydrogens (primary N) is 1. The van der Waals surface area contributed by atoms with Gasteiger partial charge in [-0.05, 0) is 17.7 Å². The molecular formula is C8H9N2O. The van der Waals surface area contributed by atoms with Crippen LogP contribution < -0.4 is 11.5 Å². The lowest BCUT2D eigenvalue weighted by Gasteiger charge is -1.96. The average Bonchev–Trinajstić information content (AvgIpc) is 2.05. The molecule has 0 unspecified atom stereocenters. The number of carbonyl (C=O) groups excluding carboxylic acids is 1. The van der Waals surface area contributed by atoms with E-state index < -0.39 is 5.91 Å². The van der Waals surface area contributed by atoms with Crippen LogP contribution >= 0.6 is 0 Å². The van der Waals surface area contributed by atoms with E-state index in [2.05, 4.69) is 0 Å².